The van der Waals surface area contributed by atoms with Gasteiger partial charge in [0.2, 0.25) is 0 Å². The Morgan fingerprint density at radius 1 is 1.40 bits per heavy atom. The Labute approximate surface area is 124 Å². The number of morpholine rings is 1. The number of nitrogens with two attached hydrogens (primary N) is 1. The van der Waals surface area contributed by atoms with E-state index in [-0.39, 0.29) is 6.04 Å². The van der Waals surface area contributed by atoms with Gasteiger partial charge in [0, 0.05) is 19.6 Å². The summed E-state index contributed by atoms with van der Waals surface area (Å²) in [6.07, 6.45) is 1.55. The zero-order chi connectivity index (χ0) is 13.9. The monoisotopic (exact) mass is 342 g/mol. The average Bonchev–Trinajstić information content (AvgIpc) is 3.08. The first kappa shape index (κ1) is 13.7. The topological polar surface area (TPSA) is 90.5 Å². The molecule has 3 heterocycles. The van der Waals surface area contributed by atoms with Gasteiger partial charge in [-0.05, 0) is 22.0 Å². The van der Waals surface area contributed by atoms with E-state index < -0.39 is 0 Å². The van der Waals surface area contributed by atoms with Crippen molar-refractivity contribution in [3.05, 3.63) is 22.8 Å². The minimum Gasteiger partial charge on any atom is -0.457 e. The number of hydrogen-bond donors (Lipinski definition) is 1. The first-order valence-corrected chi connectivity index (χ1v) is 7.16. The Kier molecular flexibility index (Phi) is 4.16. The standard InChI is InChI=1S/C12H15BrN4O3/c13-10-8(1-4-19-10)12-15-11(16-20-12)9(14)7-17-2-5-18-6-3-17/h1,4,9H,2-3,5-7,14H2. The minimum atomic E-state index is -0.281. The van der Waals surface area contributed by atoms with Gasteiger partial charge in [0.25, 0.3) is 5.89 Å². The molecule has 20 heavy (non-hydrogen) atoms. The Morgan fingerprint density at radius 2 is 2.20 bits per heavy atom. The number of hydrogen-bond acceptors (Lipinski definition) is 7. The number of ether oxygens (including phenoxy) is 1. The maximum atomic E-state index is 6.13. The molecule has 7 nitrogen and oxygen atoms in total. The van der Waals surface area contributed by atoms with E-state index in [0.29, 0.717) is 22.9 Å². The number of nitrogens with zero attached hydrogens (tertiary/aromatic N) is 3. The van der Waals surface area contributed by atoms with E-state index in [2.05, 4.69) is 31.0 Å². The molecule has 3 rings (SSSR count). The number of halogens is 1. The second kappa shape index (κ2) is 6.04. The summed E-state index contributed by atoms with van der Waals surface area (Å²) in [5, 5.41) is 3.95. The normalized spacial score (nSPS) is 18.3. The van der Waals surface area contributed by atoms with Crippen LogP contribution in [-0.2, 0) is 4.74 Å². The lowest BCUT2D eigenvalue weighted by Gasteiger charge is -2.27. The summed E-state index contributed by atoms with van der Waals surface area (Å²) in [4.78, 5) is 6.56. The van der Waals surface area contributed by atoms with Gasteiger partial charge in [-0.3, -0.25) is 4.90 Å². The van der Waals surface area contributed by atoms with E-state index in [1.807, 2.05) is 0 Å². The molecule has 1 unspecified atom stereocenters. The van der Waals surface area contributed by atoms with Crippen molar-refractivity contribution in [1.82, 2.24) is 15.0 Å². The Balaban J connectivity index is 1.68. The second-order valence-electron chi connectivity index (χ2n) is 4.59. The quantitative estimate of drug-likeness (QED) is 0.898. The lowest BCUT2D eigenvalue weighted by atomic mass is 10.2. The fraction of sp³-hybridized carbons (Fsp3) is 0.500. The molecule has 0 saturated carbocycles. The van der Waals surface area contributed by atoms with E-state index in [1.54, 1.807) is 12.3 Å². The predicted octanol–water partition coefficient (Wildman–Crippen LogP) is 1.42. The maximum Gasteiger partial charge on any atom is 0.262 e. The summed E-state index contributed by atoms with van der Waals surface area (Å²) in [6.45, 7) is 3.94. The molecule has 0 radical (unpaired) electrons. The molecule has 1 fully saturated rings. The summed E-state index contributed by atoms with van der Waals surface area (Å²) < 4.78 is 16.2. The van der Waals surface area contributed by atoms with E-state index in [4.69, 9.17) is 19.4 Å². The molecular weight excluding hydrogens is 328 g/mol. The highest BCUT2D eigenvalue weighted by Gasteiger charge is 2.21. The highest BCUT2D eigenvalue weighted by atomic mass is 79.9. The molecule has 2 aromatic heterocycles. The summed E-state index contributed by atoms with van der Waals surface area (Å²) in [5.74, 6) is 0.901. The number of aromatic nitrogens is 2. The highest BCUT2D eigenvalue weighted by molar-refractivity contribution is 9.10. The van der Waals surface area contributed by atoms with Crippen LogP contribution in [0.5, 0.6) is 0 Å². The average molecular weight is 343 g/mol. The van der Waals surface area contributed by atoms with Crippen molar-refractivity contribution in [2.45, 2.75) is 6.04 Å². The maximum absolute atomic E-state index is 6.13. The molecule has 108 valence electrons. The van der Waals surface area contributed by atoms with Crippen LogP contribution in [0.4, 0.5) is 0 Å². The smallest absolute Gasteiger partial charge is 0.262 e. The van der Waals surface area contributed by atoms with E-state index in [0.717, 1.165) is 31.9 Å². The first-order chi connectivity index (χ1) is 9.74. The first-order valence-electron chi connectivity index (χ1n) is 6.36. The molecule has 0 aliphatic carbocycles. The van der Waals surface area contributed by atoms with Crippen LogP contribution in [0.1, 0.15) is 11.9 Å². The lowest BCUT2D eigenvalue weighted by molar-refractivity contribution is 0.0348. The summed E-state index contributed by atoms with van der Waals surface area (Å²) >= 11 is 3.28. The Hall–Kier alpha value is -1.22. The van der Waals surface area contributed by atoms with E-state index in [1.165, 1.54) is 0 Å². The summed E-state index contributed by atoms with van der Waals surface area (Å²) in [7, 11) is 0. The number of furan rings is 1. The largest absolute Gasteiger partial charge is 0.457 e. The third-order valence-electron chi connectivity index (χ3n) is 3.18. The van der Waals surface area contributed by atoms with Gasteiger partial charge in [-0.2, -0.15) is 4.98 Å². The van der Waals surface area contributed by atoms with Crippen LogP contribution in [0.3, 0.4) is 0 Å². The zero-order valence-corrected chi connectivity index (χ0v) is 12.4. The van der Waals surface area contributed by atoms with Crippen LogP contribution >= 0.6 is 15.9 Å². The SMILES string of the molecule is NC(CN1CCOCC1)c1noc(-c2ccoc2Br)n1. The van der Waals surface area contributed by atoms with Crippen molar-refractivity contribution >= 4 is 15.9 Å². The molecule has 1 aliphatic rings. The molecule has 0 amide bonds. The molecule has 8 heteroatoms. The van der Waals surface area contributed by atoms with Gasteiger partial charge in [-0.25, -0.2) is 0 Å². The van der Waals surface area contributed by atoms with Gasteiger partial charge in [-0.15, -0.1) is 0 Å². The third-order valence-corrected chi connectivity index (χ3v) is 3.79. The molecule has 1 aliphatic heterocycles. The zero-order valence-electron chi connectivity index (χ0n) is 10.8. The predicted molar refractivity (Wildman–Crippen MR) is 73.9 cm³/mol. The van der Waals surface area contributed by atoms with Crippen molar-refractivity contribution in [2.24, 2.45) is 5.73 Å². The minimum absolute atomic E-state index is 0.281. The molecule has 0 aromatic carbocycles. The molecule has 1 atom stereocenters. The fourth-order valence-electron chi connectivity index (χ4n) is 2.08. The van der Waals surface area contributed by atoms with Crippen molar-refractivity contribution in [3.8, 4) is 11.5 Å². The molecule has 1 saturated heterocycles. The molecule has 2 N–H and O–H groups in total. The van der Waals surface area contributed by atoms with E-state index >= 15 is 0 Å². The second-order valence-corrected chi connectivity index (χ2v) is 5.31. The number of rotatable bonds is 4. The van der Waals surface area contributed by atoms with Gasteiger partial charge in [0.05, 0.1) is 31.1 Å². The Morgan fingerprint density at radius 3 is 2.90 bits per heavy atom. The van der Waals surface area contributed by atoms with Crippen LogP contribution in [-0.4, -0.2) is 47.9 Å². The van der Waals surface area contributed by atoms with Crippen molar-refractivity contribution < 1.29 is 13.7 Å². The van der Waals surface area contributed by atoms with Gasteiger partial charge >= 0.3 is 0 Å². The van der Waals surface area contributed by atoms with Crippen LogP contribution in [0.15, 0.2) is 25.9 Å². The summed E-state index contributed by atoms with van der Waals surface area (Å²) in [6, 6.07) is 1.48. The molecule has 2 aromatic rings. The van der Waals surface area contributed by atoms with Crippen LogP contribution < -0.4 is 5.73 Å². The van der Waals surface area contributed by atoms with Crippen molar-refractivity contribution in [1.29, 1.82) is 0 Å². The third kappa shape index (κ3) is 2.93. The highest BCUT2D eigenvalue weighted by Crippen LogP contribution is 2.28. The van der Waals surface area contributed by atoms with Crippen LogP contribution in [0.2, 0.25) is 0 Å². The summed E-state index contributed by atoms with van der Waals surface area (Å²) in [5.41, 5.74) is 6.85. The van der Waals surface area contributed by atoms with Crippen LogP contribution in [0.25, 0.3) is 11.5 Å². The fourth-order valence-corrected chi connectivity index (χ4v) is 2.49. The van der Waals surface area contributed by atoms with Crippen molar-refractivity contribution in [2.75, 3.05) is 32.8 Å². The van der Waals surface area contributed by atoms with Gasteiger partial charge in [0.1, 0.15) is 0 Å². The van der Waals surface area contributed by atoms with E-state index in [9.17, 15) is 0 Å². The molecule has 0 bridgehead atoms. The molecule has 0 spiro atoms. The van der Waals surface area contributed by atoms with Crippen LogP contribution in [0, 0.1) is 0 Å². The van der Waals surface area contributed by atoms with Gasteiger partial charge in [0.15, 0.2) is 10.5 Å². The molecular formula is C12H15BrN4O3. The lowest BCUT2D eigenvalue weighted by Crippen LogP contribution is -2.40. The van der Waals surface area contributed by atoms with Gasteiger partial charge < -0.3 is 19.4 Å². The van der Waals surface area contributed by atoms with Crippen molar-refractivity contribution in [3.63, 3.8) is 0 Å². The Bertz CT molecular complexity index is 565. The van der Waals surface area contributed by atoms with Gasteiger partial charge in [-0.1, -0.05) is 5.16 Å².